The molecule has 0 aromatic heterocycles. The number of likely N-dealkylation sites (N-methyl/N-ethyl adjacent to an activating group) is 1. The highest BCUT2D eigenvalue weighted by molar-refractivity contribution is 5.32. The highest BCUT2D eigenvalue weighted by Gasteiger charge is 2.13. The fourth-order valence-corrected chi connectivity index (χ4v) is 2.56. The first kappa shape index (κ1) is 15.3. The van der Waals surface area contributed by atoms with Crippen LogP contribution in [0.1, 0.15) is 18.4 Å². The Kier molecular flexibility index (Phi) is 6.30. The number of benzene rings is 1. The molecule has 0 spiro atoms. The molecule has 1 aromatic rings. The molecule has 1 aliphatic heterocycles. The normalized spacial score (nSPS) is 16.6. The molecule has 0 bridgehead atoms. The molecule has 4 heteroatoms. The van der Waals surface area contributed by atoms with E-state index in [9.17, 15) is 0 Å². The average Bonchev–Trinajstić information content (AvgIpc) is 2.49. The molecule has 0 radical (unpaired) electrons. The van der Waals surface area contributed by atoms with Crippen molar-refractivity contribution in [2.45, 2.75) is 25.4 Å². The molecule has 0 unspecified atom stereocenters. The van der Waals surface area contributed by atoms with Crippen LogP contribution in [0.5, 0.6) is 5.75 Å². The van der Waals surface area contributed by atoms with Gasteiger partial charge in [-0.25, -0.2) is 0 Å². The van der Waals surface area contributed by atoms with Gasteiger partial charge in [0.1, 0.15) is 5.75 Å². The van der Waals surface area contributed by atoms with Gasteiger partial charge in [-0.15, -0.1) is 0 Å². The molecule has 1 aliphatic rings. The minimum absolute atomic E-state index is 0.628. The Bertz CT molecular complexity index is 392. The molecule has 0 saturated carbocycles. The Hall–Kier alpha value is -1.10. The van der Waals surface area contributed by atoms with E-state index in [4.69, 9.17) is 9.47 Å². The lowest BCUT2D eigenvalue weighted by molar-refractivity contribution is 0.0774. The molecule has 1 N–H and O–H groups in total. The zero-order chi connectivity index (χ0) is 14.2. The first-order valence-corrected chi connectivity index (χ1v) is 7.41. The summed E-state index contributed by atoms with van der Waals surface area (Å²) in [6, 6.07) is 8.84. The summed E-state index contributed by atoms with van der Waals surface area (Å²) in [6.07, 6.45) is 2.27. The topological polar surface area (TPSA) is 33.7 Å². The van der Waals surface area contributed by atoms with E-state index in [1.165, 1.54) is 5.56 Å². The highest BCUT2D eigenvalue weighted by Crippen LogP contribution is 2.18. The Morgan fingerprint density at radius 3 is 2.80 bits per heavy atom. The smallest absolute Gasteiger partial charge is 0.123 e. The molecule has 20 heavy (non-hydrogen) atoms. The van der Waals surface area contributed by atoms with E-state index in [0.717, 1.165) is 51.4 Å². The van der Waals surface area contributed by atoms with Crippen LogP contribution in [0.3, 0.4) is 0 Å². The molecule has 1 saturated heterocycles. The van der Waals surface area contributed by atoms with Crippen LogP contribution in [-0.2, 0) is 11.3 Å². The Balaban J connectivity index is 1.70. The number of hydrogen-bond donors (Lipinski definition) is 1. The van der Waals surface area contributed by atoms with E-state index in [0.29, 0.717) is 6.04 Å². The molecular weight excluding hydrogens is 252 g/mol. The lowest BCUT2D eigenvalue weighted by atomic mass is 10.1. The van der Waals surface area contributed by atoms with Gasteiger partial charge in [0.15, 0.2) is 0 Å². The van der Waals surface area contributed by atoms with Gasteiger partial charge >= 0.3 is 0 Å². The van der Waals surface area contributed by atoms with Gasteiger partial charge in [-0.3, -0.25) is 0 Å². The zero-order valence-corrected chi connectivity index (χ0v) is 12.6. The zero-order valence-electron chi connectivity index (χ0n) is 12.6. The van der Waals surface area contributed by atoms with Crippen molar-refractivity contribution >= 4 is 0 Å². The van der Waals surface area contributed by atoms with Crippen molar-refractivity contribution in [2.24, 2.45) is 0 Å². The second kappa shape index (κ2) is 8.25. The summed E-state index contributed by atoms with van der Waals surface area (Å²) in [5.41, 5.74) is 1.24. The fourth-order valence-electron chi connectivity index (χ4n) is 2.56. The van der Waals surface area contributed by atoms with E-state index in [1.54, 1.807) is 7.11 Å². The predicted octanol–water partition coefficient (Wildman–Crippen LogP) is 1.90. The number of methoxy groups -OCH3 is 1. The monoisotopic (exact) mass is 278 g/mol. The second-order valence-electron chi connectivity index (χ2n) is 5.39. The molecule has 1 fully saturated rings. The van der Waals surface area contributed by atoms with Crippen LogP contribution in [0, 0.1) is 0 Å². The summed E-state index contributed by atoms with van der Waals surface area (Å²) in [4.78, 5) is 2.32. The summed E-state index contributed by atoms with van der Waals surface area (Å²) in [7, 11) is 3.88. The van der Waals surface area contributed by atoms with Crippen LogP contribution in [-0.4, -0.2) is 51.4 Å². The van der Waals surface area contributed by atoms with Gasteiger partial charge in [0.2, 0.25) is 0 Å². The fraction of sp³-hybridized carbons (Fsp3) is 0.625. The predicted molar refractivity (Wildman–Crippen MR) is 81.2 cm³/mol. The largest absolute Gasteiger partial charge is 0.496 e. The summed E-state index contributed by atoms with van der Waals surface area (Å²) < 4.78 is 10.8. The van der Waals surface area contributed by atoms with Crippen molar-refractivity contribution in [2.75, 3.05) is 40.5 Å². The van der Waals surface area contributed by atoms with E-state index < -0.39 is 0 Å². The Morgan fingerprint density at radius 2 is 2.05 bits per heavy atom. The summed E-state index contributed by atoms with van der Waals surface area (Å²) in [5, 5.41) is 3.61. The molecule has 0 aliphatic carbocycles. The minimum Gasteiger partial charge on any atom is -0.496 e. The third-order valence-corrected chi connectivity index (χ3v) is 3.78. The lowest BCUT2D eigenvalue weighted by Crippen LogP contribution is -2.39. The number of ether oxygens (including phenoxy) is 2. The number of para-hydroxylation sites is 1. The highest BCUT2D eigenvalue weighted by atomic mass is 16.5. The standard InChI is InChI=1S/C16H26N2O2/c1-18(10-9-17-15-7-11-20-12-8-15)13-14-5-3-4-6-16(14)19-2/h3-6,15,17H,7-13H2,1-2H3. The maximum absolute atomic E-state index is 5.39. The van der Waals surface area contributed by atoms with Crippen molar-refractivity contribution in [1.82, 2.24) is 10.2 Å². The van der Waals surface area contributed by atoms with Crippen LogP contribution in [0.15, 0.2) is 24.3 Å². The van der Waals surface area contributed by atoms with Crippen molar-refractivity contribution in [1.29, 1.82) is 0 Å². The van der Waals surface area contributed by atoms with Gasteiger partial charge in [-0.1, -0.05) is 18.2 Å². The molecule has 0 amide bonds. The molecule has 1 aromatic carbocycles. The molecule has 1 heterocycles. The molecule has 4 nitrogen and oxygen atoms in total. The number of rotatable bonds is 7. The van der Waals surface area contributed by atoms with Gasteiger partial charge in [0.05, 0.1) is 7.11 Å². The first-order chi connectivity index (χ1) is 9.79. The van der Waals surface area contributed by atoms with Crippen molar-refractivity contribution in [3.8, 4) is 5.75 Å². The van der Waals surface area contributed by atoms with Gasteiger partial charge in [0.25, 0.3) is 0 Å². The van der Waals surface area contributed by atoms with Gasteiger partial charge in [-0.05, 0) is 26.0 Å². The maximum atomic E-state index is 5.39. The van der Waals surface area contributed by atoms with Crippen LogP contribution < -0.4 is 10.1 Å². The average molecular weight is 278 g/mol. The van der Waals surface area contributed by atoms with Gasteiger partial charge in [0, 0.05) is 44.5 Å². The molecule has 2 rings (SSSR count). The van der Waals surface area contributed by atoms with E-state index in [2.05, 4.69) is 29.4 Å². The van der Waals surface area contributed by atoms with Crippen LogP contribution in [0.4, 0.5) is 0 Å². The summed E-state index contributed by atoms with van der Waals surface area (Å²) >= 11 is 0. The molecular formula is C16H26N2O2. The van der Waals surface area contributed by atoms with Crippen LogP contribution >= 0.6 is 0 Å². The third kappa shape index (κ3) is 4.78. The Labute approximate surface area is 122 Å². The Morgan fingerprint density at radius 1 is 1.30 bits per heavy atom. The van der Waals surface area contributed by atoms with E-state index >= 15 is 0 Å². The minimum atomic E-state index is 0.628. The van der Waals surface area contributed by atoms with Crippen molar-refractivity contribution < 1.29 is 9.47 Å². The number of hydrogen-bond acceptors (Lipinski definition) is 4. The quantitative estimate of drug-likeness (QED) is 0.826. The van der Waals surface area contributed by atoms with Crippen molar-refractivity contribution in [3.63, 3.8) is 0 Å². The first-order valence-electron chi connectivity index (χ1n) is 7.41. The summed E-state index contributed by atoms with van der Waals surface area (Å²) in [5.74, 6) is 0.969. The van der Waals surface area contributed by atoms with Crippen LogP contribution in [0.2, 0.25) is 0 Å². The van der Waals surface area contributed by atoms with E-state index in [1.807, 2.05) is 12.1 Å². The summed E-state index contributed by atoms with van der Waals surface area (Å²) in [6.45, 7) is 4.77. The van der Waals surface area contributed by atoms with E-state index in [-0.39, 0.29) is 0 Å². The maximum Gasteiger partial charge on any atom is 0.123 e. The van der Waals surface area contributed by atoms with Gasteiger partial charge in [-0.2, -0.15) is 0 Å². The number of nitrogens with zero attached hydrogens (tertiary/aromatic N) is 1. The van der Waals surface area contributed by atoms with Gasteiger partial charge < -0.3 is 19.7 Å². The lowest BCUT2D eigenvalue weighted by Gasteiger charge is -2.25. The second-order valence-corrected chi connectivity index (χ2v) is 5.39. The van der Waals surface area contributed by atoms with Crippen LogP contribution in [0.25, 0.3) is 0 Å². The molecule has 0 atom stereocenters. The SMILES string of the molecule is COc1ccccc1CN(C)CCNC1CCOCC1. The molecule has 112 valence electrons. The number of nitrogens with one attached hydrogen (secondary N) is 1. The van der Waals surface area contributed by atoms with Crippen molar-refractivity contribution in [3.05, 3.63) is 29.8 Å². The third-order valence-electron chi connectivity index (χ3n) is 3.78.